The van der Waals surface area contributed by atoms with Crippen molar-refractivity contribution in [3.05, 3.63) is 41.0 Å². The maximum absolute atomic E-state index is 12.9. The topological polar surface area (TPSA) is 43.1 Å². The van der Waals surface area contributed by atoms with Gasteiger partial charge in [-0.2, -0.15) is 0 Å². The van der Waals surface area contributed by atoms with E-state index < -0.39 is 0 Å². The molecule has 4 rings (SSSR count). The van der Waals surface area contributed by atoms with Crippen molar-refractivity contribution in [2.24, 2.45) is 11.3 Å². The third-order valence-electron chi connectivity index (χ3n) is 5.23. The lowest BCUT2D eigenvalue weighted by Gasteiger charge is -2.39. The number of anilines is 1. The van der Waals surface area contributed by atoms with Crippen LogP contribution in [0, 0.1) is 11.3 Å². The monoisotopic (exact) mass is 239 g/mol. The highest BCUT2D eigenvalue weighted by molar-refractivity contribution is 6.07. The van der Waals surface area contributed by atoms with Gasteiger partial charge in [-0.1, -0.05) is 23.8 Å². The fourth-order valence-electron chi connectivity index (χ4n) is 4.29. The molecule has 3 aliphatic rings. The number of Topliss-reactive ketones (excluding diaryl/α,β-unsaturated/α-hetero) is 1. The van der Waals surface area contributed by atoms with Gasteiger partial charge in [0, 0.05) is 16.7 Å². The van der Waals surface area contributed by atoms with Gasteiger partial charge in [0.2, 0.25) is 0 Å². The number of aryl methyl sites for hydroxylation is 1. The van der Waals surface area contributed by atoms with Crippen LogP contribution in [0.3, 0.4) is 0 Å². The summed E-state index contributed by atoms with van der Waals surface area (Å²) in [5.41, 5.74) is 10.1. The molecule has 0 saturated heterocycles. The Morgan fingerprint density at radius 1 is 1.33 bits per heavy atom. The largest absolute Gasteiger partial charge is 0.398 e. The maximum atomic E-state index is 12.9. The highest BCUT2D eigenvalue weighted by Gasteiger charge is 2.54. The number of rotatable bonds is 0. The van der Waals surface area contributed by atoms with Crippen LogP contribution in [-0.2, 0) is 6.42 Å². The van der Waals surface area contributed by atoms with Crippen LogP contribution in [-0.4, -0.2) is 5.78 Å². The molecule has 2 unspecified atom stereocenters. The number of fused-ring (bicyclic) bond motifs is 4. The van der Waals surface area contributed by atoms with E-state index in [1.165, 1.54) is 5.57 Å². The number of carbonyl (C=O) groups excluding carboxylic acids is 1. The minimum absolute atomic E-state index is 0.105. The molecule has 2 nitrogen and oxygen atoms in total. The van der Waals surface area contributed by atoms with Crippen molar-refractivity contribution < 1.29 is 4.79 Å². The first-order valence-corrected chi connectivity index (χ1v) is 6.81. The summed E-state index contributed by atoms with van der Waals surface area (Å²) in [6, 6.07) is 5.88. The predicted molar refractivity (Wildman–Crippen MR) is 71.4 cm³/mol. The number of allylic oxidation sites excluding steroid dienone is 2. The number of nitrogen functional groups attached to an aromatic ring is 1. The molecule has 3 aliphatic carbocycles. The smallest absolute Gasteiger partial charge is 0.171 e. The Kier molecular flexibility index (Phi) is 1.87. The molecule has 0 aliphatic heterocycles. The molecule has 2 atom stereocenters. The van der Waals surface area contributed by atoms with Gasteiger partial charge in [0.1, 0.15) is 0 Å². The molecule has 1 saturated carbocycles. The number of hydrogen-bond acceptors (Lipinski definition) is 2. The molecule has 1 aromatic carbocycles. The van der Waals surface area contributed by atoms with E-state index in [9.17, 15) is 4.79 Å². The number of ketones is 1. The third kappa shape index (κ3) is 1.11. The molecule has 2 bridgehead atoms. The summed E-state index contributed by atoms with van der Waals surface area (Å²) in [6.45, 7) is 0. The molecular formula is C16H17NO. The van der Waals surface area contributed by atoms with Crippen LogP contribution in [0.25, 0.3) is 0 Å². The average molecular weight is 239 g/mol. The fourth-order valence-corrected chi connectivity index (χ4v) is 4.29. The summed E-state index contributed by atoms with van der Waals surface area (Å²) >= 11 is 0. The zero-order valence-corrected chi connectivity index (χ0v) is 10.4. The predicted octanol–water partition coefficient (Wildman–Crippen LogP) is 3.12. The first kappa shape index (κ1) is 10.4. The Balaban J connectivity index is 1.86. The third-order valence-corrected chi connectivity index (χ3v) is 5.23. The van der Waals surface area contributed by atoms with E-state index in [1.807, 2.05) is 12.1 Å². The Labute approximate surface area is 107 Å². The molecule has 2 N–H and O–H groups in total. The second-order valence-electron chi connectivity index (χ2n) is 6.04. The highest BCUT2D eigenvalue weighted by Crippen LogP contribution is 2.58. The summed E-state index contributed by atoms with van der Waals surface area (Å²) in [5.74, 6) is 0.878. The standard InChI is InChI=1S/C16H17NO/c17-13-3-1-2-11-6-7-16(15(18)14(11)13)9-10-4-5-12(16)8-10/h1-4,12H,5-9,17H2. The molecule has 2 heteroatoms. The van der Waals surface area contributed by atoms with E-state index in [2.05, 4.69) is 12.1 Å². The van der Waals surface area contributed by atoms with E-state index >= 15 is 0 Å². The van der Waals surface area contributed by atoms with Crippen molar-refractivity contribution in [2.75, 3.05) is 5.73 Å². The van der Waals surface area contributed by atoms with Gasteiger partial charge in [-0.05, 0) is 49.7 Å². The van der Waals surface area contributed by atoms with Crippen LogP contribution < -0.4 is 5.73 Å². The van der Waals surface area contributed by atoms with Crippen molar-refractivity contribution >= 4 is 11.5 Å². The molecule has 92 valence electrons. The number of nitrogens with two attached hydrogens (primary N) is 1. The van der Waals surface area contributed by atoms with Gasteiger partial charge in [0.25, 0.3) is 0 Å². The lowest BCUT2D eigenvalue weighted by atomic mass is 9.63. The second-order valence-corrected chi connectivity index (χ2v) is 6.04. The molecule has 18 heavy (non-hydrogen) atoms. The van der Waals surface area contributed by atoms with Crippen LogP contribution in [0.2, 0.25) is 0 Å². The number of carbonyl (C=O) groups is 1. The van der Waals surface area contributed by atoms with Gasteiger partial charge in [0.15, 0.2) is 5.78 Å². The highest BCUT2D eigenvalue weighted by atomic mass is 16.1. The van der Waals surface area contributed by atoms with Gasteiger partial charge in [-0.3, -0.25) is 4.79 Å². The van der Waals surface area contributed by atoms with Crippen LogP contribution in [0.1, 0.15) is 41.6 Å². The lowest BCUT2D eigenvalue weighted by molar-refractivity contribution is 0.0672. The van der Waals surface area contributed by atoms with E-state index in [0.717, 1.165) is 43.2 Å². The normalized spacial score (nSPS) is 32.8. The molecule has 1 aromatic rings. The van der Waals surface area contributed by atoms with E-state index in [1.54, 1.807) is 0 Å². The zero-order valence-electron chi connectivity index (χ0n) is 10.4. The van der Waals surface area contributed by atoms with Crippen LogP contribution in [0.15, 0.2) is 29.8 Å². The van der Waals surface area contributed by atoms with Crippen molar-refractivity contribution in [1.29, 1.82) is 0 Å². The summed E-state index contributed by atoms with van der Waals surface area (Å²) in [7, 11) is 0. The van der Waals surface area contributed by atoms with Gasteiger partial charge >= 0.3 is 0 Å². The van der Waals surface area contributed by atoms with Crippen molar-refractivity contribution in [3.8, 4) is 0 Å². The minimum atomic E-state index is -0.105. The van der Waals surface area contributed by atoms with E-state index in [-0.39, 0.29) is 5.41 Å². The van der Waals surface area contributed by atoms with Gasteiger partial charge in [0.05, 0.1) is 0 Å². The van der Waals surface area contributed by atoms with Crippen molar-refractivity contribution in [1.82, 2.24) is 0 Å². The number of hydrogen-bond donors (Lipinski definition) is 1. The maximum Gasteiger partial charge on any atom is 0.171 e. The lowest BCUT2D eigenvalue weighted by Crippen LogP contribution is -2.40. The van der Waals surface area contributed by atoms with E-state index in [4.69, 9.17) is 5.73 Å². The average Bonchev–Trinajstić information content (AvgIpc) is 2.95. The van der Waals surface area contributed by atoms with Gasteiger partial charge in [-0.15, -0.1) is 0 Å². The van der Waals surface area contributed by atoms with Crippen LogP contribution in [0.5, 0.6) is 0 Å². The first-order valence-electron chi connectivity index (χ1n) is 6.81. The Morgan fingerprint density at radius 3 is 2.94 bits per heavy atom. The van der Waals surface area contributed by atoms with Crippen molar-refractivity contribution in [3.63, 3.8) is 0 Å². The Bertz CT molecular complexity index is 587. The van der Waals surface area contributed by atoms with Gasteiger partial charge < -0.3 is 5.73 Å². The zero-order chi connectivity index (χ0) is 12.3. The van der Waals surface area contributed by atoms with Crippen LogP contribution >= 0.6 is 0 Å². The molecular weight excluding hydrogens is 222 g/mol. The second kappa shape index (κ2) is 3.25. The summed E-state index contributed by atoms with van der Waals surface area (Å²) < 4.78 is 0. The van der Waals surface area contributed by atoms with E-state index in [0.29, 0.717) is 17.4 Å². The Morgan fingerprint density at radius 2 is 2.22 bits per heavy atom. The molecule has 0 aromatic heterocycles. The fraction of sp³-hybridized carbons (Fsp3) is 0.438. The van der Waals surface area contributed by atoms with Crippen molar-refractivity contribution in [2.45, 2.75) is 32.1 Å². The Hall–Kier alpha value is -1.57. The molecule has 0 amide bonds. The molecule has 0 heterocycles. The quantitative estimate of drug-likeness (QED) is 0.558. The summed E-state index contributed by atoms with van der Waals surface area (Å²) in [6.07, 6.45) is 7.61. The van der Waals surface area contributed by atoms with Gasteiger partial charge in [-0.25, -0.2) is 0 Å². The first-order chi connectivity index (χ1) is 8.71. The SMILES string of the molecule is Nc1cccc2c1C(=O)C1(CC2)CC2=CCC1C2. The minimum Gasteiger partial charge on any atom is -0.398 e. The molecule has 0 radical (unpaired) electrons. The molecule has 1 fully saturated rings. The summed E-state index contributed by atoms with van der Waals surface area (Å²) in [5, 5.41) is 0. The summed E-state index contributed by atoms with van der Waals surface area (Å²) in [4.78, 5) is 12.9. The number of benzene rings is 1. The van der Waals surface area contributed by atoms with Crippen LogP contribution in [0.4, 0.5) is 5.69 Å². The molecule has 1 spiro atoms.